The van der Waals surface area contributed by atoms with Gasteiger partial charge in [-0.1, -0.05) is 32.8 Å². The molecule has 4 atom stereocenters. The number of aliphatic hydroxyl groups excluding tert-OH is 1. The van der Waals surface area contributed by atoms with Crippen molar-refractivity contribution in [2.24, 2.45) is 34.6 Å². The number of hydrogen-bond donors (Lipinski definition) is 1. The lowest BCUT2D eigenvalue weighted by Crippen LogP contribution is -2.41. The third-order valence-corrected chi connectivity index (χ3v) is 6.41. The second-order valence-electron chi connectivity index (χ2n) is 9.09. The summed E-state index contributed by atoms with van der Waals surface area (Å²) in [7, 11) is 1.67. The fourth-order valence-corrected chi connectivity index (χ4v) is 4.74. The van der Waals surface area contributed by atoms with Gasteiger partial charge in [-0.15, -0.1) is 5.92 Å². The minimum Gasteiger partial charge on any atom is -0.484 e. The van der Waals surface area contributed by atoms with Crippen molar-refractivity contribution >= 4 is 5.90 Å². The fraction of sp³-hybridized carbons (Fsp3) is 0.615. The molecule has 0 aromatic heterocycles. The third-order valence-electron chi connectivity index (χ3n) is 6.41. The zero-order chi connectivity index (χ0) is 21.8. The van der Waals surface area contributed by atoms with Gasteiger partial charge in [0.2, 0.25) is 0 Å². The van der Waals surface area contributed by atoms with Crippen molar-refractivity contribution in [3.05, 3.63) is 34.6 Å². The molecule has 1 heterocycles. The maximum Gasteiger partial charge on any atom is 0.191 e. The summed E-state index contributed by atoms with van der Waals surface area (Å²) in [6.07, 6.45) is 8.11. The summed E-state index contributed by atoms with van der Waals surface area (Å²) in [4.78, 5) is 4.78. The molecule has 0 spiro atoms. The molecule has 0 amide bonds. The highest BCUT2D eigenvalue weighted by Crippen LogP contribution is 2.46. The molecule has 0 bridgehead atoms. The molecule has 4 heteroatoms. The van der Waals surface area contributed by atoms with E-state index in [0.29, 0.717) is 23.8 Å². The minimum atomic E-state index is -0.712. The van der Waals surface area contributed by atoms with Gasteiger partial charge in [0.25, 0.3) is 0 Å². The molecule has 0 aromatic rings. The van der Waals surface area contributed by atoms with Crippen LogP contribution in [0.1, 0.15) is 59.8 Å². The van der Waals surface area contributed by atoms with Crippen LogP contribution in [0, 0.1) is 52.8 Å². The second kappa shape index (κ2) is 9.67. The molecule has 0 radical (unpaired) electrons. The highest BCUT2D eigenvalue weighted by molar-refractivity contribution is 5.82. The van der Waals surface area contributed by atoms with Crippen LogP contribution in [0.2, 0.25) is 0 Å². The van der Waals surface area contributed by atoms with Crippen LogP contribution in [0.5, 0.6) is 0 Å². The second-order valence-corrected chi connectivity index (χ2v) is 9.09. The standard InChI is InChI=1S/C26H34N2O2/c1-6-7-8-19-11-20(15-27)13-21(12-19)25(29)24-22(14-18-9-10-18)17(4)28-26(30-5)23(24)16(2)3/h12-13,16,18-19,23-25,29H,6,9-11,14H2,1-5H3. The lowest BCUT2D eigenvalue weighted by Gasteiger charge is -2.39. The van der Waals surface area contributed by atoms with Gasteiger partial charge in [-0.2, -0.15) is 5.26 Å². The van der Waals surface area contributed by atoms with Gasteiger partial charge in [0.1, 0.15) is 0 Å². The summed E-state index contributed by atoms with van der Waals surface area (Å²) in [5.41, 5.74) is 3.72. The van der Waals surface area contributed by atoms with Crippen molar-refractivity contribution in [1.29, 1.82) is 5.26 Å². The lowest BCUT2D eigenvalue weighted by atomic mass is 9.70. The first-order valence-corrected chi connectivity index (χ1v) is 11.2. The summed E-state index contributed by atoms with van der Waals surface area (Å²) in [6, 6.07) is 2.30. The molecule has 3 rings (SSSR count). The van der Waals surface area contributed by atoms with E-state index in [1.807, 2.05) is 19.9 Å². The van der Waals surface area contributed by atoms with Crippen molar-refractivity contribution in [1.82, 2.24) is 0 Å². The van der Waals surface area contributed by atoms with E-state index in [-0.39, 0.29) is 23.7 Å². The molecule has 4 unspecified atom stereocenters. The number of aliphatic imine (C=N–C) groups is 1. The average molecular weight is 407 g/mol. The Bertz CT molecular complexity index is 884. The summed E-state index contributed by atoms with van der Waals surface area (Å²) < 4.78 is 5.68. The Morgan fingerprint density at radius 2 is 2.03 bits per heavy atom. The van der Waals surface area contributed by atoms with E-state index in [2.05, 4.69) is 37.8 Å². The number of allylic oxidation sites excluding steroid dienone is 3. The Kier molecular flexibility index (Phi) is 7.22. The SMILES string of the molecule is CCC#CC1C=C(C(O)C2C(CC3CC3)=C(C)N=C(OC)C2C(C)C)C=C(C#N)C1. The predicted octanol–water partition coefficient (Wildman–Crippen LogP) is 5.18. The monoisotopic (exact) mass is 406 g/mol. The topological polar surface area (TPSA) is 65.6 Å². The smallest absolute Gasteiger partial charge is 0.191 e. The van der Waals surface area contributed by atoms with Crippen LogP contribution >= 0.6 is 0 Å². The Hall–Kier alpha value is -2.30. The van der Waals surface area contributed by atoms with Gasteiger partial charge in [-0.3, -0.25) is 0 Å². The van der Waals surface area contributed by atoms with Crippen molar-refractivity contribution < 1.29 is 9.84 Å². The molecule has 1 saturated carbocycles. The first-order chi connectivity index (χ1) is 14.4. The number of methoxy groups -OCH3 is 1. The van der Waals surface area contributed by atoms with E-state index in [4.69, 9.17) is 9.73 Å². The molecule has 1 fully saturated rings. The zero-order valence-corrected chi connectivity index (χ0v) is 18.9. The van der Waals surface area contributed by atoms with Crippen LogP contribution in [0.25, 0.3) is 0 Å². The van der Waals surface area contributed by atoms with Crippen molar-refractivity contribution in [3.63, 3.8) is 0 Å². The molecule has 30 heavy (non-hydrogen) atoms. The molecule has 3 aliphatic rings. The van der Waals surface area contributed by atoms with Crippen molar-refractivity contribution in [3.8, 4) is 17.9 Å². The van der Waals surface area contributed by atoms with E-state index in [1.165, 1.54) is 18.4 Å². The Morgan fingerprint density at radius 3 is 2.60 bits per heavy atom. The predicted molar refractivity (Wildman–Crippen MR) is 120 cm³/mol. The van der Waals surface area contributed by atoms with Crippen LogP contribution in [-0.2, 0) is 4.74 Å². The van der Waals surface area contributed by atoms with E-state index in [1.54, 1.807) is 7.11 Å². The molecule has 1 aliphatic heterocycles. The lowest BCUT2D eigenvalue weighted by molar-refractivity contribution is 0.115. The van der Waals surface area contributed by atoms with Crippen LogP contribution < -0.4 is 0 Å². The summed E-state index contributed by atoms with van der Waals surface area (Å²) >= 11 is 0. The number of rotatable bonds is 5. The minimum absolute atomic E-state index is 0.00406. The van der Waals surface area contributed by atoms with E-state index in [0.717, 1.165) is 24.1 Å². The first kappa shape index (κ1) is 22.4. The van der Waals surface area contributed by atoms with E-state index >= 15 is 0 Å². The highest BCUT2D eigenvalue weighted by atomic mass is 16.5. The number of ether oxygens (including phenoxy) is 1. The van der Waals surface area contributed by atoms with Crippen molar-refractivity contribution in [2.45, 2.75) is 65.9 Å². The summed E-state index contributed by atoms with van der Waals surface area (Å²) in [5.74, 6) is 7.93. The summed E-state index contributed by atoms with van der Waals surface area (Å²) in [5, 5.41) is 21.3. The quantitative estimate of drug-likeness (QED) is 0.640. The first-order valence-electron chi connectivity index (χ1n) is 11.2. The Labute approximate surface area is 181 Å². The zero-order valence-electron chi connectivity index (χ0n) is 18.9. The largest absolute Gasteiger partial charge is 0.484 e. The molecule has 160 valence electrons. The van der Waals surface area contributed by atoms with E-state index in [9.17, 15) is 10.4 Å². The number of hydrogen-bond acceptors (Lipinski definition) is 4. The summed E-state index contributed by atoms with van der Waals surface area (Å²) in [6.45, 7) is 8.38. The fourth-order valence-electron chi connectivity index (χ4n) is 4.74. The average Bonchev–Trinajstić information content (AvgIpc) is 3.56. The molecule has 0 saturated heterocycles. The maximum atomic E-state index is 11.7. The molecule has 2 aliphatic carbocycles. The van der Waals surface area contributed by atoms with Gasteiger partial charge in [0, 0.05) is 35.4 Å². The van der Waals surface area contributed by atoms with Crippen molar-refractivity contribution in [2.75, 3.05) is 7.11 Å². The van der Waals surface area contributed by atoms with Crippen LogP contribution in [-0.4, -0.2) is 24.2 Å². The number of aliphatic hydroxyl groups is 1. The normalized spacial score (nSPS) is 27.4. The molecule has 1 N–H and O–H groups in total. The molecular formula is C26H34N2O2. The number of nitriles is 1. The highest BCUT2D eigenvalue weighted by Gasteiger charge is 2.43. The van der Waals surface area contributed by atoms with Gasteiger partial charge >= 0.3 is 0 Å². The van der Waals surface area contributed by atoms with Gasteiger partial charge in [-0.05, 0) is 61.7 Å². The van der Waals surface area contributed by atoms with Gasteiger partial charge in [0.15, 0.2) is 5.90 Å². The molecule has 0 aromatic carbocycles. The van der Waals surface area contributed by atoms with Crippen LogP contribution in [0.3, 0.4) is 0 Å². The van der Waals surface area contributed by atoms with Gasteiger partial charge < -0.3 is 9.84 Å². The Balaban J connectivity index is 2.03. The number of nitrogens with zero attached hydrogens (tertiary/aromatic N) is 2. The van der Waals surface area contributed by atoms with E-state index < -0.39 is 6.10 Å². The third kappa shape index (κ3) is 4.88. The maximum absolute atomic E-state index is 11.7. The van der Waals surface area contributed by atoms with Gasteiger partial charge in [-0.25, -0.2) is 4.99 Å². The molecular weight excluding hydrogens is 372 g/mol. The Morgan fingerprint density at radius 1 is 1.30 bits per heavy atom. The molecule has 4 nitrogen and oxygen atoms in total. The van der Waals surface area contributed by atoms with Crippen LogP contribution in [0.15, 0.2) is 39.6 Å². The van der Waals surface area contributed by atoms with Gasteiger partial charge in [0.05, 0.1) is 19.3 Å². The van der Waals surface area contributed by atoms with Crippen LogP contribution in [0.4, 0.5) is 0 Å².